The Balaban J connectivity index is 2.29. The van der Waals surface area contributed by atoms with Gasteiger partial charge in [0.15, 0.2) is 0 Å². The zero-order valence-corrected chi connectivity index (χ0v) is 13.5. The summed E-state index contributed by atoms with van der Waals surface area (Å²) in [5.74, 6) is 2.92. The second-order valence-corrected chi connectivity index (χ2v) is 6.81. The average Bonchev–Trinajstić information content (AvgIpc) is 2.32. The Hall–Kier alpha value is -1.32. The van der Waals surface area contributed by atoms with Gasteiger partial charge < -0.3 is 10.2 Å². The van der Waals surface area contributed by atoms with Gasteiger partial charge in [-0.3, -0.25) is 0 Å². The van der Waals surface area contributed by atoms with E-state index in [0.29, 0.717) is 6.04 Å². The molecular formula is C16H28N4. The summed E-state index contributed by atoms with van der Waals surface area (Å²) in [5, 5.41) is 3.40. The smallest absolute Gasteiger partial charge is 0.138 e. The molecule has 2 rings (SSSR count). The van der Waals surface area contributed by atoms with Crippen LogP contribution in [-0.2, 0) is 5.41 Å². The van der Waals surface area contributed by atoms with Crippen LogP contribution in [0.1, 0.15) is 59.2 Å². The van der Waals surface area contributed by atoms with Gasteiger partial charge in [-0.25, -0.2) is 9.97 Å². The maximum Gasteiger partial charge on any atom is 0.138 e. The molecule has 0 atom stereocenters. The van der Waals surface area contributed by atoms with Crippen molar-refractivity contribution in [2.45, 2.75) is 64.8 Å². The highest BCUT2D eigenvalue weighted by atomic mass is 15.2. The lowest BCUT2D eigenvalue weighted by Crippen LogP contribution is -2.38. The highest BCUT2D eigenvalue weighted by Crippen LogP contribution is 2.30. The molecule has 0 radical (unpaired) electrons. The van der Waals surface area contributed by atoms with Crippen LogP contribution in [0.4, 0.5) is 11.6 Å². The van der Waals surface area contributed by atoms with Gasteiger partial charge in [0.25, 0.3) is 0 Å². The van der Waals surface area contributed by atoms with Gasteiger partial charge in [-0.2, -0.15) is 0 Å². The molecule has 0 spiro atoms. The van der Waals surface area contributed by atoms with Crippen molar-refractivity contribution < 1.29 is 0 Å². The van der Waals surface area contributed by atoms with E-state index in [1.54, 1.807) is 0 Å². The van der Waals surface area contributed by atoms with Gasteiger partial charge in [0.2, 0.25) is 0 Å². The quantitative estimate of drug-likeness (QED) is 0.892. The fourth-order valence-corrected chi connectivity index (χ4v) is 2.26. The Labute approximate surface area is 123 Å². The third-order valence-electron chi connectivity index (χ3n) is 3.92. The molecule has 1 saturated carbocycles. The summed E-state index contributed by atoms with van der Waals surface area (Å²) in [4.78, 5) is 11.8. The van der Waals surface area contributed by atoms with Crippen LogP contribution < -0.4 is 10.2 Å². The van der Waals surface area contributed by atoms with Gasteiger partial charge in [0.05, 0.1) is 0 Å². The molecule has 1 aliphatic carbocycles. The molecule has 0 aliphatic heterocycles. The number of anilines is 2. The maximum atomic E-state index is 4.79. The van der Waals surface area contributed by atoms with Gasteiger partial charge in [-0.15, -0.1) is 0 Å². The first-order valence-electron chi connectivity index (χ1n) is 7.78. The molecule has 4 heteroatoms. The van der Waals surface area contributed by atoms with E-state index in [-0.39, 0.29) is 5.41 Å². The minimum atomic E-state index is -0.0287. The Morgan fingerprint density at radius 1 is 1.30 bits per heavy atom. The first-order chi connectivity index (χ1) is 9.41. The average molecular weight is 276 g/mol. The van der Waals surface area contributed by atoms with Gasteiger partial charge in [-0.1, -0.05) is 27.7 Å². The van der Waals surface area contributed by atoms with E-state index in [2.05, 4.69) is 56.0 Å². The molecule has 1 N–H and O–H groups in total. The highest BCUT2D eigenvalue weighted by molar-refractivity contribution is 5.50. The van der Waals surface area contributed by atoms with Crippen molar-refractivity contribution in [2.75, 3.05) is 23.8 Å². The lowest BCUT2D eigenvalue weighted by molar-refractivity contribution is 0.398. The Morgan fingerprint density at radius 2 is 2.00 bits per heavy atom. The number of aromatic nitrogens is 2. The molecule has 1 aromatic rings. The second-order valence-electron chi connectivity index (χ2n) is 6.81. The summed E-state index contributed by atoms with van der Waals surface area (Å²) >= 11 is 0. The molecule has 1 aliphatic rings. The number of nitrogens with one attached hydrogen (secondary N) is 1. The minimum absolute atomic E-state index is 0.0287. The van der Waals surface area contributed by atoms with Crippen LogP contribution in [-0.4, -0.2) is 29.6 Å². The molecule has 20 heavy (non-hydrogen) atoms. The fourth-order valence-electron chi connectivity index (χ4n) is 2.26. The van der Waals surface area contributed by atoms with Gasteiger partial charge in [0, 0.05) is 31.1 Å². The summed E-state index contributed by atoms with van der Waals surface area (Å²) in [6.45, 7) is 9.62. The van der Waals surface area contributed by atoms with Crippen molar-refractivity contribution in [3.8, 4) is 0 Å². The summed E-state index contributed by atoms with van der Waals surface area (Å²) in [5.41, 5.74) is -0.0287. The maximum absolute atomic E-state index is 4.79. The van der Waals surface area contributed by atoms with Crippen LogP contribution in [0.3, 0.4) is 0 Å². The SMILES string of the molecule is CCCNc1cc(N(C)C2CCC2)nc(C(C)(C)C)n1. The normalized spacial score (nSPS) is 15.8. The molecule has 0 saturated heterocycles. The van der Waals surface area contributed by atoms with Crippen LogP contribution >= 0.6 is 0 Å². The second kappa shape index (κ2) is 5.98. The number of rotatable bonds is 5. The van der Waals surface area contributed by atoms with Gasteiger partial charge in [-0.05, 0) is 25.7 Å². The molecule has 1 aromatic heterocycles. The molecule has 4 nitrogen and oxygen atoms in total. The lowest BCUT2D eigenvalue weighted by Gasteiger charge is -2.36. The predicted octanol–water partition coefficient (Wildman–Crippen LogP) is 3.58. The fraction of sp³-hybridized carbons (Fsp3) is 0.750. The van der Waals surface area contributed by atoms with Crippen molar-refractivity contribution in [3.63, 3.8) is 0 Å². The number of hydrogen-bond acceptors (Lipinski definition) is 4. The monoisotopic (exact) mass is 276 g/mol. The van der Waals surface area contributed by atoms with Crippen molar-refractivity contribution >= 4 is 11.6 Å². The van der Waals surface area contributed by atoms with Crippen molar-refractivity contribution in [1.29, 1.82) is 0 Å². The van der Waals surface area contributed by atoms with Crippen LogP contribution in [0, 0.1) is 0 Å². The van der Waals surface area contributed by atoms with Crippen LogP contribution in [0.2, 0.25) is 0 Å². The Kier molecular flexibility index (Phi) is 4.51. The van der Waals surface area contributed by atoms with Crippen molar-refractivity contribution in [2.24, 2.45) is 0 Å². The standard InChI is InChI=1S/C16H28N4/c1-6-10-17-13-11-14(20(5)12-8-7-9-12)19-15(18-13)16(2,3)4/h11-12H,6-10H2,1-5H3,(H,17,18,19). The van der Waals surface area contributed by atoms with E-state index in [9.17, 15) is 0 Å². The predicted molar refractivity (Wildman–Crippen MR) is 85.6 cm³/mol. The van der Waals surface area contributed by atoms with E-state index in [1.807, 2.05) is 0 Å². The first-order valence-corrected chi connectivity index (χ1v) is 7.78. The third-order valence-corrected chi connectivity index (χ3v) is 3.92. The van der Waals surface area contributed by atoms with E-state index < -0.39 is 0 Å². The summed E-state index contributed by atoms with van der Waals surface area (Å²) in [7, 11) is 2.15. The van der Waals surface area contributed by atoms with Crippen LogP contribution in [0.15, 0.2) is 6.07 Å². The molecule has 0 bridgehead atoms. The summed E-state index contributed by atoms with van der Waals surface area (Å²) in [6, 6.07) is 2.74. The Morgan fingerprint density at radius 3 is 2.50 bits per heavy atom. The molecule has 112 valence electrons. The van der Waals surface area contributed by atoms with E-state index in [0.717, 1.165) is 30.4 Å². The van der Waals surface area contributed by atoms with E-state index in [1.165, 1.54) is 19.3 Å². The largest absolute Gasteiger partial charge is 0.370 e. The molecular weight excluding hydrogens is 248 g/mol. The van der Waals surface area contributed by atoms with Crippen LogP contribution in [0.5, 0.6) is 0 Å². The van der Waals surface area contributed by atoms with Gasteiger partial charge in [0.1, 0.15) is 17.5 Å². The molecule has 1 heterocycles. The Bertz CT molecular complexity index is 446. The first kappa shape index (κ1) is 15.1. The van der Waals surface area contributed by atoms with E-state index in [4.69, 9.17) is 4.98 Å². The third kappa shape index (κ3) is 3.41. The van der Waals surface area contributed by atoms with Gasteiger partial charge >= 0.3 is 0 Å². The molecule has 0 amide bonds. The van der Waals surface area contributed by atoms with Crippen molar-refractivity contribution in [3.05, 3.63) is 11.9 Å². The zero-order chi connectivity index (χ0) is 14.8. The topological polar surface area (TPSA) is 41.0 Å². The van der Waals surface area contributed by atoms with Crippen molar-refractivity contribution in [1.82, 2.24) is 9.97 Å². The molecule has 1 fully saturated rings. The number of hydrogen-bond donors (Lipinski definition) is 1. The minimum Gasteiger partial charge on any atom is -0.370 e. The van der Waals surface area contributed by atoms with Crippen LogP contribution in [0.25, 0.3) is 0 Å². The summed E-state index contributed by atoms with van der Waals surface area (Å²) in [6.07, 6.45) is 5.00. The number of nitrogens with zero attached hydrogens (tertiary/aromatic N) is 3. The molecule has 0 unspecified atom stereocenters. The summed E-state index contributed by atoms with van der Waals surface area (Å²) < 4.78 is 0. The van der Waals surface area contributed by atoms with E-state index >= 15 is 0 Å². The zero-order valence-electron chi connectivity index (χ0n) is 13.5. The highest BCUT2D eigenvalue weighted by Gasteiger charge is 2.25. The molecule has 0 aromatic carbocycles. The lowest BCUT2D eigenvalue weighted by atomic mass is 9.92.